The fraction of sp³-hybridized carbons (Fsp3) is 0.280. The molecule has 0 fully saturated rings. The standard InChI is InChI=1S/C25H21N3O5S/c29-18-11-15(21-3-1-8-34-21)10-16-17(18)12-26-23-22(16)24(30)27-25(31)28(23)13-14-4-5-19-20(9-14)33-7-2-6-32-19/h1,3-5,8-9,12,15H,2,6-7,10-11,13H2,(H,27,30,31). The summed E-state index contributed by atoms with van der Waals surface area (Å²) in [6.07, 6.45) is 3.24. The van der Waals surface area contributed by atoms with Crippen LogP contribution in [0.1, 0.15) is 45.1 Å². The maximum absolute atomic E-state index is 13.0. The van der Waals surface area contributed by atoms with E-state index in [-0.39, 0.29) is 23.9 Å². The Kier molecular flexibility index (Phi) is 5.06. The number of carbonyl (C=O) groups excluding carboxylic acids is 1. The van der Waals surface area contributed by atoms with Gasteiger partial charge >= 0.3 is 5.69 Å². The molecule has 0 saturated heterocycles. The molecule has 0 radical (unpaired) electrons. The summed E-state index contributed by atoms with van der Waals surface area (Å²) >= 11 is 1.60. The molecule has 1 aromatic carbocycles. The van der Waals surface area contributed by atoms with Gasteiger partial charge in [0.25, 0.3) is 5.56 Å². The van der Waals surface area contributed by atoms with E-state index in [4.69, 9.17) is 9.47 Å². The van der Waals surface area contributed by atoms with Crippen molar-refractivity contribution in [3.8, 4) is 11.5 Å². The Labute approximate surface area is 197 Å². The summed E-state index contributed by atoms with van der Waals surface area (Å²) in [5, 5.41) is 2.29. The first kappa shape index (κ1) is 20.9. The number of pyridine rings is 1. The zero-order valence-corrected chi connectivity index (χ0v) is 19.0. The van der Waals surface area contributed by atoms with E-state index < -0.39 is 11.2 Å². The molecule has 9 heteroatoms. The molecular formula is C25H21N3O5S. The Morgan fingerprint density at radius 3 is 2.76 bits per heavy atom. The number of thiophene rings is 1. The van der Waals surface area contributed by atoms with E-state index in [9.17, 15) is 14.4 Å². The van der Waals surface area contributed by atoms with Crippen LogP contribution in [0.25, 0.3) is 11.0 Å². The van der Waals surface area contributed by atoms with Crippen molar-refractivity contribution in [3.63, 3.8) is 0 Å². The predicted molar refractivity (Wildman–Crippen MR) is 127 cm³/mol. The second-order valence-corrected chi connectivity index (χ2v) is 9.55. The summed E-state index contributed by atoms with van der Waals surface area (Å²) in [5.41, 5.74) is 1.15. The van der Waals surface area contributed by atoms with Gasteiger partial charge in [-0.3, -0.25) is 19.1 Å². The molecule has 1 N–H and O–H groups in total. The molecule has 6 rings (SSSR count). The molecule has 1 aliphatic heterocycles. The lowest BCUT2D eigenvalue weighted by Gasteiger charge is -2.24. The van der Waals surface area contributed by atoms with Crippen LogP contribution in [-0.2, 0) is 13.0 Å². The number of hydrogen-bond donors (Lipinski definition) is 1. The summed E-state index contributed by atoms with van der Waals surface area (Å²) in [6, 6.07) is 9.52. The number of H-pyrrole nitrogens is 1. The molecule has 34 heavy (non-hydrogen) atoms. The molecule has 172 valence electrons. The van der Waals surface area contributed by atoms with Gasteiger partial charge in [0.2, 0.25) is 0 Å². The van der Waals surface area contributed by atoms with Gasteiger partial charge in [0.15, 0.2) is 17.3 Å². The first-order chi connectivity index (χ1) is 16.6. The van der Waals surface area contributed by atoms with Crippen molar-refractivity contribution < 1.29 is 14.3 Å². The van der Waals surface area contributed by atoms with Crippen molar-refractivity contribution in [1.82, 2.24) is 14.5 Å². The molecule has 0 amide bonds. The van der Waals surface area contributed by atoms with Crippen LogP contribution in [0.15, 0.2) is 51.5 Å². The molecule has 0 bridgehead atoms. The molecule has 4 aromatic rings. The number of hydrogen-bond acceptors (Lipinski definition) is 7. The lowest BCUT2D eigenvalue weighted by molar-refractivity contribution is 0.0964. The Balaban J connectivity index is 1.46. The predicted octanol–water partition coefficient (Wildman–Crippen LogP) is 3.27. The Morgan fingerprint density at radius 1 is 1.09 bits per heavy atom. The number of aromatic amines is 1. The lowest BCUT2D eigenvalue weighted by Crippen LogP contribution is -2.33. The van der Waals surface area contributed by atoms with Crippen molar-refractivity contribution in [2.45, 2.75) is 31.7 Å². The van der Waals surface area contributed by atoms with E-state index in [0.29, 0.717) is 54.1 Å². The maximum Gasteiger partial charge on any atom is 0.330 e. The number of nitrogens with one attached hydrogen (secondary N) is 1. The maximum atomic E-state index is 13.0. The summed E-state index contributed by atoms with van der Waals surface area (Å²) in [5.74, 6) is 1.28. The van der Waals surface area contributed by atoms with Crippen LogP contribution < -0.4 is 20.7 Å². The zero-order chi connectivity index (χ0) is 23.2. The molecule has 2 aliphatic rings. The smallest absolute Gasteiger partial charge is 0.330 e. The number of aromatic nitrogens is 3. The van der Waals surface area contributed by atoms with Crippen molar-refractivity contribution in [2.24, 2.45) is 0 Å². The molecule has 3 aromatic heterocycles. The molecule has 8 nitrogen and oxygen atoms in total. The van der Waals surface area contributed by atoms with Crippen LogP contribution in [-0.4, -0.2) is 33.5 Å². The first-order valence-electron chi connectivity index (χ1n) is 11.2. The third-order valence-corrected chi connectivity index (χ3v) is 7.43. The summed E-state index contributed by atoms with van der Waals surface area (Å²) < 4.78 is 12.9. The van der Waals surface area contributed by atoms with Crippen LogP contribution in [0.5, 0.6) is 11.5 Å². The number of carbonyl (C=O) groups is 1. The average molecular weight is 476 g/mol. The van der Waals surface area contributed by atoms with E-state index in [1.165, 1.54) is 10.8 Å². The van der Waals surface area contributed by atoms with Gasteiger partial charge in [-0.05, 0) is 41.1 Å². The Hall–Kier alpha value is -3.72. The fourth-order valence-electron chi connectivity index (χ4n) is 4.77. The summed E-state index contributed by atoms with van der Waals surface area (Å²) in [6.45, 7) is 1.35. The van der Waals surface area contributed by atoms with Crippen molar-refractivity contribution in [2.75, 3.05) is 13.2 Å². The molecule has 4 heterocycles. The summed E-state index contributed by atoms with van der Waals surface area (Å²) in [7, 11) is 0. The van der Waals surface area contributed by atoms with Gasteiger partial charge in [-0.1, -0.05) is 12.1 Å². The lowest BCUT2D eigenvalue weighted by atomic mass is 9.82. The first-order valence-corrected chi connectivity index (χ1v) is 12.1. The van der Waals surface area contributed by atoms with Crippen LogP contribution in [0.2, 0.25) is 0 Å². The molecule has 1 unspecified atom stereocenters. The highest BCUT2D eigenvalue weighted by Gasteiger charge is 2.30. The van der Waals surface area contributed by atoms with Crippen LogP contribution in [0.4, 0.5) is 0 Å². The van der Waals surface area contributed by atoms with Crippen LogP contribution in [0, 0.1) is 0 Å². The van der Waals surface area contributed by atoms with Gasteiger partial charge in [0.05, 0.1) is 25.1 Å². The molecule has 1 atom stereocenters. The number of ether oxygens (including phenoxy) is 2. The van der Waals surface area contributed by atoms with E-state index in [2.05, 4.69) is 9.97 Å². The monoisotopic (exact) mass is 475 g/mol. The third kappa shape index (κ3) is 3.52. The highest BCUT2D eigenvalue weighted by atomic mass is 32.1. The van der Waals surface area contributed by atoms with Crippen molar-refractivity contribution in [3.05, 3.63) is 84.3 Å². The molecule has 0 saturated carbocycles. The normalized spacial score (nSPS) is 17.4. The minimum Gasteiger partial charge on any atom is -0.490 e. The number of nitrogens with zero attached hydrogens (tertiary/aromatic N) is 2. The number of Topliss-reactive ketones (excluding diaryl/α,β-unsaturated/α-hetero) is 1. The molecular weight excluding hydrogens is 454 g/mol. The quantitative estimate of drug-likeness (QED) is 0.488. The van der Waals surface area contributed by atoms with Gasteiger partial charge in [-0.25, -0.2) is 9.78 Å². The number of rotatable bonds is 3. The second-order valence-electron chi connectivity index (χ2n) is 8.57. The Morgan fingerprint density at radius 2 is 1.94 bits per heavy atom. The SMILES string of the molecule is O=C1CC(c2cccs2)Cc2c1cnc1c2c(=O)[nH]c(=O)n1Cc1ccc2c(c1)OCCCO2. The van der Waals surface area contributed by atoms with Crippen molar-refractivity contribution in [1.29, 1.82) is 0 Å². The number of ketones is 1. The minimum atomic E-state index is -0.547. The van der Waals surface area contributed by atoms with Gasteiger partial charge in [0.1, 0.15) is 5.65 Å². The van der Waals surface area contributed by atoms with E-state index in [1.807, 2.05) is 35.7 Å². The zero-order valence-electron chi connectivity index (χ0n) is 18.2. The van der Waals surface area contributed by atoms with Crippen LogP contribution in [0.3, 0.4) is 0 Å². The molecule has 0 spiro atoms. The largest absolute Gasteiger partial charge is 0.490 e. The summed E-state index contributed by atoms with van der Waals surface area (Å²) in [4.78, 5) is 46.7. The van der Waals surface area contributed by atoms with Gasteiger partial charge in [0, 0.05) is 35.4 Å². The topological polar surface area (TPSA) is 103 Å². The van der Waals surface area contributed by atoms with Gasteiger partial charge < -0.3 is 9.47 Å². The average Bonchev–Trinajstić information content (AvgIpc) is 3.27. The highest BCUT2D eigenvalue weighted by Crippen LogP contribution is 2.36. The van der Waals surface area contributed by atoms with Gasteiger partial charge in [-0.2, -0.15) is 0 Å². The van der Waals surface area contributed by atoms with Crippen LogP contribution >= 0.6 is 11.3 Å². The van der Waals surface area contributed by atoms with E-state index in [1.54, 1.807) is 11.3 Å². The van der Waals surface area contributed by atoms with E-state index >= 15 is 0 Å². The van der Waals surface area contributed by atoms with Crippen molar-refractivity contribution >= 4 is 28.2 Å². The second kappa shape index (κ2) is 8.25. The van der Waals surface area contributed by atoms with Gasteiger partial charge in [-0.15, -0.1) is 11.3 Å². The number of fused-ring (bicyclic) bond motifs is 4. The van der Waals surface area contributed by atoms with E-state index in [0.717, 1.165) is 16.9 Å². The highest BCUT2D eigenvalue weighted by molar-refractivity contribution is 7.10. The third-order valence-electron chi connectivity index (χ3n) is 6.40. The number of benzene rings is 1. The Bertz CT molecular complexity index is 1540. The fourth-order valence-corrected chi connectivity index (χ4v) is 5.60. The molecule has 1 aliphatic carbocycles. The minimum absolute atomic E-state index is 0.00658.